The number of fused-ring (bicyclic) bond motifs is 1. The Labute approximate surface area is 199 Å². The van der Waals surface area contributed by atoms with E-state index in [1.54, 1.807) is 11.8 Å². The smallest absolute Gasteiger partial charge is 0.253 e. The van der Waals surface area contributed by atoms with Crippen molar-refractivity contribution in [2.75, 3.05) is 44.2 Å². The molecule has 1 aliphatic rings. The van der Waals surface area contributed by atoms with E-state index in [1.807, 2.05) is 61.2 Å². The highest BCUT2D eigenvalue weighted by atomic mass is 35.5. The molecule has 0 aliphatic carbocycles. The van der Waals surface area contributed by atoms with Gasteiger partial charge in [-0.25, -0.2) is 9.97 Å². The second-order valence-electron chi connectivity index (χ2n) is 8.05. The summed E-state index contributed by atoms with van der Waals surface area (Å²) in [6, 6.07) is 13.1. The van der Waals surface area contributed by atoms with Gasteiger partial charge in [0, 0.05) is 62.7 Å². The normalized spacial score (nSPS) is 13.9. The van der Waals surface area contributed by atoms with Gasteiger partial charge in [0.1, 0.15) is 5.82 Å². The van der Waals surface area contributed by atoms with E-state index < -0.39 is 0 Å². The van der Waals surface area contributed by atoms with Gasteiger partial charge < -0.3 is 14.7 Å². The van der Waals surface area contributed by atoms with Gasteiger partial charge in [0.2, 0.25) is 5.91 Å². The maximum absolute atomic E-state index is 13.0. The molecule has 1 saturated heterocycles. The van der Waals surface area contributed by atoms with Gasteiger partial charge in [0.15, 0.2) is 5.82 Å². The van der Waals surface area contributed by atoms with Crippen LogP contribution in [0.15, 0.2) is 42.5 Å². The van der Waals surface area contributed by atoms with Crippen LogP contribution in [0.1, 0.15) is 31.1 Å². The third-order valence-electron chi connectivity index (χ3n) is 6.11. The lowest BCUT2D eigenvalue weighted by molar-refractivity contribution is -0.129. The molecule has 0 atom stereocenters. The lowest BCUT2D eigenvalue weighted by Crippen LogP contribution is -2.48. The van der Waals surface area contributed by atoms with Gasteiger partial charge in [-0.2, -0.15) is 0 Å². The van der Waals surface area contributed by atoms with Crippen LogP contribution < -0.4 is 4.90 Å². The van der Waals surface area contributed by atoms with Crippen LogP contribution in [-0.2, 0) is 4.79 Å². The van der Waals surface area contributed by atoms with E-state index in [1.165, 1.54) is 0 Å². The summed E-state index contributed by atoms with van der Waals surface area (Å²) in [5.74, 6) is 1.36. The largest absolute Gasteiger partial charge is 0.352 e. The zero-order chi connectivity index (χ0) is 23.5. The molecule has 3 aromatic rings. The van der Waals surface area contributed by atoms with Crippen molar-refractivity contribution < 1.29 is 9.59 Å². The molecule has 7 nitrogen and oxygen atoms in total. The fraction of sp³-hybridized carbons (Fsp3) is 0.360. The second-order valence-corrected chi connectivity index (χ2v) is 8.46. The van der Waals surface area contributed by atoms with Gasteiger partial charge in [0.25, 0.3) is 5.91 Å². The first-order chi connectivity index (χ1) is 15.9. The average molecular weight is 466 g/mol. The standard InChI is InChI=1S/C25H28ClN5O2/c1-4-29(5-2)25(33)18-10-11-22-20(16-18)24(31-14-12-30(13-15-31)17(3)32)28-23(27-22)19-8-6-7-9-21(19)26/h6-11,16H,4-5,12-15H2,1-3H3. The molecule has 4 rings (SSSR count). The quantitative estimate of drug-likeness (QED) is 0.567. The average Bonchev–Trinajstić information content (AvgIpc) is 2.84. The van der Waals surface area contributed by atoms with E-state index in [4.69, 9.17) is 21.6 Å². The molecule has 2 amide bonds. The Balaban J connectivity index is 1.83. The fourth-order valence-electron chi connectivity index (χ4n) is 4.18. The molecule has 1 aliphatic heterocycles. The number of hydrogen-bond acceptors (Lipinski definition) is 5. The zero-order valence-corrected chi connectivity index (χ0v) is 20.0. The lowest BCUT2D eigenvalue weighted by atomic mass is 10.1. The number of carbonyl (C=O) groups is 2. The molecule has 0 bridgehead atoms. The topological polar surface area (TPSA) is 69.6 Å². The molecule has 0 radical (unpaired) electrons. The first kappa shape index (κ1) is 23.0. The molecule has 1 fully saturated rings. The minimum atomic E-state index is -0.00979. The highest BCUT2D eigenvalue weighted by molar-refractivity contribution is 6.33. The van der Waals surface area contributed by atoms with Gasteiger partial charge in [-0.1, -0.05) is 23.7 Å². The van der Waals surface area contributed by atoms with Crippen LogP contribution in [0.2, 0.25) is 5.02 Å². The van der Waals surface area contributed by atoms with E-state index in [-0.39, 0.29) is 11.8 Å². The molecule has 8 heteroatoms. The minimum absolute atomic E-state index is 0.00979. The number of benzene rings is 2. The molecule has 0 saturated carbocycles. The number of anilines is 1. The van der Waals surface area contributed by atoms with Crippen LogP contribution in [0.3, 0.4) is 0 Å². The molecule has 172 valence electrons. The molecule has 33 heavy (non-hydrogen) atoms. The molecule has 1 aromatic heterocycles. The number of amides is 2. The third-order valence-corrected chi connectivity index (χ3v) is 6.44. The van der Waals surface area contributed by atoms with Gasteiger partial charge >= 0.3 is 0 Å². The van der Waals surface area contributed by atoms with Crippen molar-refractivity contribution in [2.45, 2.75) is 20.8 Å². The van der Waals surface area contributed by atoms with Crippen molar-refractivity contribution in [3.63, 3.8) is 0 Å². The predicted molar refractivity (Wildman–Crippen MR) is 132 cm³/mol. The van der Waals surface area contributed by atoms with Gasteiger partial charge in [-0.15, -0.1) is 0 Å². The summed E-state index contributed by atoms with van der Waals surface area (Å²) in [5.41, 5.74) is 2.12. The summed E-state index contributed by atoms with van der Waals surface area (Å²) in [4.78, 5) is 40.3. The fourth-order valence-corrected chi connectivity index (χ4v) is 4.40. The van der Waals surface area contributed by atoms with Crippen molar-refractivity contribution in [3.8, 4) is 11.4 Å². The number of aromatic nitrogens is 2. The van der Waals surface area contributed by atoms with Gasteiger partial charge in [0.05, 0.1) is 10.5 Å². The maximum Gasteiger partial charge on any atom is 0.253 e. The molecule has 0 spiro atoms. The number of nitrogens with zero attached hydrogens (tertiary/aromatic N) is 5. The van der Waals surface area contributed by atoms with Crippen molar-refractivity contribution in [3.05, 3.63) is 53.1 Å². The SMILES string of the molecule is CCN(CC)C(=O)c1ccc2nc(-c3ccccc3Cl)nc(N3CCN(C(C)=O)CC3)c2c1. The van der Waals surface area contributed by atoms with Crippen LogP contribution in [0.4, 0.5) is 5.82 Å². The van der Waals surface area contributed by atoms with E-state index in [0.29, 0.717) is 55.7 Å². The minimum Gasteiger partial charge on any atom is -0.352 e. The summed E-state index contributed by atoms with van der Waals surface area (Å²) in [6.45, 7) is 9.40. The Morgan fingerprint density at radius 1 is 1.00 bits per heavy atom. The Kier molecular flexibility index (Phi) is 6.79. The number of halogens is 1. The van der Waals surface area contributed by atoms with Crippen molar-refractivity contribution in [1.29, 1.82) is 0 Å². The van der Waals surface area contributed by atoms with Crippen LogP contribution in [0.25, 0.3) is 22.3 Å². The lowest BCUT2D eigenvalue weighted by Gasteiger charge is -2.35. The maximum atomic E-state index is 13.0. The second kappa shape index (κ2) is 9.75. The van der Waals surface area contributed by atoms with Crippen LogP contribution in [0.5, 0.6) is 0 Å². The number of hydrogen-bond donors (Lipinski definition) is 0. The number of rotatable bonds is 5. The van der Waals surface area contributed by atoms with Crippen molar-refractivity contribution in [2.24, 2.45) is 0 Å². The van der Waals surface area contributed by atoms with E-state index >= 15 is 0 Å². The highest BCUT2D eigenvalue weighted by Gasteiger charge is 2.24. The summed E-state index contributed by atoms with van der Waals surface area (Å²) in [6.07, 6.45) is 0. The Hall–Kier alpha value is -3.19. The summed E-state index contributed by atoms with van der Waals surface area (Å²) in [7, 11) is 0. The van der Waals surface area contributed by atoms with E-state index in [2.05, 4.69) is 4.90 Å². The predicted octanol–water partition coefficient (Wildman–Crippen LogP) is 4.10. The Bertz CT molecular complexity index is 1190. The highest BCUT2D eigenvalue weighted by Crippen LogP contribution is 2.32. The van der Waals surface area contributed by atoms with Gasteiger partial charge in [-0.3, -0.25) is 9.59 Å². The number of carbonyl (C=O) groups excluding carboxylic acids is 2. The van der Waals surface area contributed by atoms with Crippen molar-refractivity contribution >= 4 is 40.1 Å². The summed E-state index contributed by atoms with van der Waals surface area (Å²) >= 11 is 6.45. The zero-order valence-electron chi connectivity index (χ0n) is 19.2. The van der Waals surface area contributed by atoms with Crippen molar-refractivity contribution in [1.82, 2.24) is 19.8 Å². The third kappa shape index (κ3) is 4.64. The Morgan fingerprint density at radius 3 is 2.33 bits per heavy atom. The molecule has 0 unspecified atom stereocenters. The number of piperazine rings is 1. The molecule has 2 heterocycles. The first-order valence-corrected chi connectivity index (χ1v) is 11.7. The summed E-state index contributed by atoms with van der Waals surface area (Å²) < 4.78 is 0. The monoisotopic (exact) mass is 465 g/mol. The van der Waals surface area contributed by atoms with E-state index in [9.17, 15) is 9.59 Å². The Morgan fingerprint density at radius 2 is 1.70 bits per heavy atom. The molecular weight excluding hydrogens is 438 g/mol. The molecule has 0 N–H and O–H groups in total. The van der Waals surface area contributed by atoms with E-state index in [0.717, 1.165) is 22.3 Å². The van der Waals surface area contributed by atoms with Crippen LogP contribution in [-0.4, -0.2) is 70.9 Å². The molecule has 2 aromatic carbocycles. The first-order valence-electron chi connectivity index (χ1n) is 11.3. The van der Waals surface area contributed by atoms with Gasteiger partial charge in [-0.05, 0) is 44.2 Å². The summed E-state index contributed by atoms with van der Waals surface area (Å²) in [5, 5.41) is 1.40. The van der Waals surface area contributed by atoms with Crippen LogP contribution in [0, 0.1) is 0 Å². The van der Waals surface area contributed by atoms with Crippen LogP contribution >= 0.6 is 11.6 Å². The molecular formula is C25H28ClN5O2.